The van der Waals surface area contributed by atoms with Crippen molar-refractivity contribution < 1.29 is 4.79 Å². The fourth-order valence-electron chi connectivity index (χ4n) is 3.84. The van der Waals surface area contributed by atoms with Crippen LogP contribution >= 0.6 is 0 Å². The van der Waals surface area contributed by atoms with E-state index in [1.165, 1.54) is 6.42 Å². The lowest BCUT2D eigenvalue weighted by molar-refractivity contribution is -0.128. The molecule has 4 heteroatoms. The molecule has 0 bridgehead atoms. The van der Waals surface area contributed by atoms with Crippen LogP contribution in [0, 0.1) is 0 Å². The van der Waals surface area contributed by atoms with E-state index in [9.17, 15) is 4.79 Å². The fourth-order valence-corrected chi connectivity index (χ4v) is 3.84. The maximum Gasteiger partial charge on any atom is 0.242 e. The lowest BCUT2D eigenvalue weighted by atomic mass is 9.96. The van der Waals surface area contributed by atoms with Crippen LogP contribution in [-0.4, -0.2) is 34.4 Å². The number of pyridine rings is 1. The third-order valence-corrected chi connectivity index (χ3v) is 5.18. The highest BCUT2D eigenvalue weighted by molar-refractivity contribution is 5.83. The summed E-state index contributed by atoms with van der Waals surface area (Å²) in [5.41, 5.74) is 2.08. The Morgan fingerprint density at radius 3 is 2.65 bits per heavy atom. The molecular formula is C22H29N3O. The summed E-state index contributed by atoms with van der Waals surface area (Å²) < 4.78 is 0. The minimum atomic E-state index is -0.224. The number of piperidine rings is 1. The Balaban J connectivity index is 1.74. The molecule has 4 nitrogen and oxygen atoms in total. The quantitative estimate of drug-likeness (QED) is 0.862. The minimum Gasteiger partial charge on any atom is -0.352 e. The fraction of sp³-hybridized carbons (Fsp3) is 0.455. The van der Waals surface area contributed by atoms with Crippen LogP contribution < -0.4 is 5.32 Å². The molecule has 3 atom stereocenters. The smallest absolute Gasteiger partial charge is 0.242 e. The molecule has 1 aliphatic rings. The van der Waals surface area contributed by atoms with Gasteiger partial charge in [0.1, 0.15) is 6.04 Å². The standard InChI is InChI=1S/C22H29N3O/c1-17(16-20-13-6-8-14-23-20)24-22(26)21(19-11-4-3-5-12-19)25-15-9-7-10-18(25)2/h3-6,8,11-14,17-18,21H,7,9-10,15-16H2,1-2H3,(H,24,26)/t17-,18+,21-/m1/s1. The van der Waals surface area contributed by atoms with Crippen LogP contribution in [0.1, 0.15) is 50.4 Å². The summed E-state index contributed by atoms with van der Waals surface area (Å²) in [6, 6.07) is 16.3. The van der Waals surface area contributed by atoms with Crippen LogP contribution in [-0.2, 0) is 11.2 Å². The maximum atomic E-state index is 13.2. The zero-order valence-corrected chi connectivity index (χ0v) is 15.8. The largest absolute Gasteiger partial charge is 0.352 e. The molecule has 1 aromatic heterocycles. The summed E-state index contributed by atoms with van der Waals surface area (Å²) in [6.07, 6.45) is 6.09. The van der Waals surface area contributed by atoms with E-state index in [0.717, 1.165) is 37.1 Å². The van der Waals surface area contributed by atoms with Crippen molar-refractivity contribution in [2.45, 2.75) is 57.7 Å². The van der Waals surface area contributed by atoms with Crippen molar-refractivity contribution in [3.8, 4) is 0 Å². The van der Waals surface area contributed by atoms with Crippen LogP contribution in [0.3, 0.4) is 0 Å². The average Bonchev–Trinajstić information content (AvgIpc) is 2.65. The van der Waals surface area contributed by atoms with Gasteiger partial charge in [-0.25, -0.2) is 0 Å². The number of carbonyl (C=O) groups is 1. The SMILES string of the molecule is C[C@H](Cc1ccccn1)NC(=O)[C@@H](c1ccccc1)N1CCCC[C@@H]1C. The third-order valence-electron chi connectivity index (χ3n) is 5.18. The van der Waals surface area contributed by atoms with Crippen molar-refractivity contribution >= 4 is 5.91 Å². The Bertz CT molecular complexity index is 689. The van der Waals surface area contributed by atoms with Gasteiger partial charge in [0.25, 0.3) is 0 Å². The summed E-state index contributed by atoms with van der Waals surface area (Å²) in [5, 5.41) is 3.22. The highest BCUT2D eigenvalue weighted by atomic mass is 16.2. The van der Waals surface area contributed by atoms with Gasteiger partial charge in [-0.2, -0.15) is 0 Å². The first-order valence-electron chi connectivity index (χ1n) is 9.66. The van der Waals surface area contributed by atoms with Gasteiger partial charge in [0.05, 0.1) is 0 Å². The molecule has 138 valence electrons. The predicted molar refractivity (Wildman–Crippen MR) is 105 cm³/mol. The number of aromatic nitrogens is 1. The first kappa shape index (κ1) is 18.6. The molecule has 0 radical (unpaired) electrons. The summed E-state index contributed by atoms with van der Waals surface area (Å²) in [7, 11) is 0. The number of rotatable bonds is 6. The van der Waals surface area contributed by atoms with Crippen LogP contribution in [0.5, 0.6) is 0 Å². The number of likely N-dealkylation sites (tertiary alicyclic amines) is 1. The van der Waals surface area contributed by atoms with Gasteiger partial charge in [0, 0.05) is 30.4 Å². The van der Waals surface area contributed by atoms with E-state index in [2.05, 4.69) is 34.3 Å². The van der Waals surface area contributed by atoms with Crippen molar-refractivity contribution in [2.24, 2.45) is 0 Å². The molecule has 1 saturated heterocycles. The molecule has 1 fully saturated rings. The van der Waals surface area contributed by atoms with E-state index in [0.29, 0.717) is 6.04 Å². The Kier molecular flexibility index (Phi) is 6.40. The molecule has 1 aromatic carbocycles. The Morgan fingerprint density at radius 1 is 1.19 bits per heavy atom. The second kappa shape index (κ2) is 8.95. The van der Waals surface area contributed by atoms with Crippen LogP contribution in [0.15, 0.2) is 54.7 Å². The Hall–Kier alpha value is -2.20. The summed E-state index contributed by atoms with van der Waals surface area (Å²) in [6.45, 7) is 5.26. The summed E-state index contributed by atoms with van der Waals surface area (Å²) >= 11 is 0. The van der Waals surface area contributed by atoms with Gasteiger partial charge in [0.15, 0.2) is 0 Å². The Labute approximate surface area is 156 Å². The number of carbonyl (C=O) groups excluding carboxylic acids is 1. The topological polar surface area (TPSA) is 45.2 Å². The maximum absolute atomic E-state index is 13.2. The number of hydrogen-bond acceptors (Lipinski definition) is 3. The molecule has 26 heavy (non-hydrogen) atoms. The molecular weight excluding hydrogens is 322 g/mol. The number of nitrogens with zero attached hydrogens (tertiary/aromatic N) is 2. The van der Waals surface area contributed by atoms with E-state index < -0.39 is 0 Å². The normalized spacial score (nSPS) is 20.3. The molecule has 1 amide bonds. The lowest BCUT2D eigenvalue weighted by Crippen LogP contribution is -2.48. The van der Waals surface area contributed by atoms with Crippen molar-refractivity contribution in [3.05, 3.63) is 66.0 Å². The monoisotopic (exact) mass is 351 g/mol. The van der Waals surface area contributed by atoms with Crippen LogP contribution in [0.2, 0.25) is 0 Å². The highest BCUT2D eigenvalue weighted by Gasteiger charge is 2.32. The number of hydrogen-bond donors (Lipinski definition) is 1. The zero-order chi connectivity index (χ0) is 18.4. The molecule has 3 rings (SSSR count). The van der Waals surface area contributed by atoms with Gasteiger partial charge in [-0.15, -0.1) is 0 Å². The molecule has 2 aromatic rings. The average molecular weight is 351 g/mol. The van der Waals surface area contributed by atoms with E-state index in [-0.39, 0.29) is 18.0 Å². The van der Waals surface area contributed by atoms with Crippen molar-refractivity contribution in [1.29, 1.82) is 0 Å². The molecule has 0 unspecified atom stereocenters. The van der Waals surface area contributed by atoms with Gasteiger partial charge >= 0.3 is 0 Å². The predicted octanol–water partition coefficient (Wildman–Crippen LogP) is 3.74. The van der Waals surface area contributed by atoms with E-state index in [1.54, 1.807) is 6.20 Å². The summed E-state index contributed by atoms with van der Waals surface area (Å²) in [5.74, 6) is 0.0911. The van der Waals surface area contributed by atoms with E-state index in [4.69, 9.17) is 0 Å². The molecule has 0 saturated carbocycles. The molecule has 0 spiro atoms. The minimum absolute atomic E-state index is 0.0451. The van der Waals surface area contributed by atoms with Crippen molar-refractivity contribution in [2.75, 3.05) is 6.54 Å². The molecule has 0 aliphatic carbocycles. The first-order valence-corrected chi connectivity index (χ1v) is 9.66. The number of benzene rings is 1. The van der Waals surface area contributed by atoms with Crippen molar-refractivity contribution in [1.82, 2.24) is 15.2 Å². The highest BCUT2D eigenvalue weighted by Crippen LogP contribution is 2.29. The molecule has 1 aliphatic heterocycles. The lowest BCUT2D eigenvalue weighted by Gasteiger charge is -2.39. The van der Waals surface area contributed by atoms with Gasteiger partial charge in [-0.3, -0.25) is 14.7 Å². The number of amides is 1. The van der Waals surface area contributed by atoms with Gasteiger partial charge in [-0.05, 0) is 50.9 Å². The van der Waals surface area contributed by atoms with E-state index >= 15 is 0 Å². The van der Waals surface area contributed by atoms with E-state index in [1.807, 2.05) is 43.3 Å². The summed E-state index contributed by atoms with van der Waals surface area (Å²) in [4.78, 5) is 19.9. The second-order valence-corrected chi connectivity index (χ2v) is 7.33. The van der Waals surface area contributed by atoms with Crippen LogP contribution in [0.4, 0.5) is 0 Å². The Morgan fingerprint density at radius 2 is 1.96 bits per heavy atom. The van der Waals surface area contributed by atoms with Crippen LogP contribution in [0.25, 0.3) is 0 Å². The zero-order valence-electron chi connectivity index (χ0n) is 15.8. The third kappa shape index (κ3) is 4.70. The number of nitrogens with one attached hydrogen (secondary N) is 1. The van der Waals surface area contributed by atoms with Gasteiger partial charge in [0.2, 0.25) is 5.91 Å². The molecule has 2 heterocycles. The van der Waals surface area contributed by atoms with Crippen molar-refractivity contribution in [3.63, 3.8) is 0 Å². The van der Waals surface area contributed by atoms with Gasteiger partial charge in [-0.1, -0.05) is 42.8 Å². The molecule has 1 N–H and O–H groups in total. The first-order chi connectivity index (χ1) is 12.6. The second-order valence-electron chi connectivity index (χ2n) is 7.33. The van der Waals surface area contributed by atoms with Gasteiger partial charge < -0.3 is 5.32 Å².